The Balaban J connectivity index is 1.98. The van der Waals surface area contributed by atoms with Crippen molar-refractivity contribution < 1.29 is 0 Å². The van der Waals surface area contributed by atoms with Crippen LogP contribution in [0.3, 0.4) is 0 Å². The summed E-state index contributed by atoms with van der Waals surface area (Å²) >= 11 is 0. The molecule has 3 aromatic rings. The average Bonchev–Trinajstić information content (AvgIpc) is 2.89. The van der Waals surface area contributed by atoms with Gasteiger partial charge in [0.25, 0.3) is 0 Å². The smallest absolute Gasteiger partial charge is 0.177 e. The summed E-state index contributed by atoms with van der Waals surface area (Å²) in [4.78, 5) is 4.31. The van der Waals surface area contributed by atoms with Gasteiger partial charge in [-0.3, -0.25) is 4.98 Å². The summed E-state index contributed by atoms with van der Waals surface area (Å²) in [5, 5.41) is 13.2. The van der Waals surface area contributed by atoms with Crippen LogP contribution in [0.15, 0.2) is 48.2 Å². The zero-order valence-corrected chi connectivity index (χ0v) is 10.9. The van der Waals surface area contributed by atoms with Crippen molar-refractivity contribution in [3.63, 3.8) is 0 Å². The van der Waals surface area contributed by atoms with Crippen LogP contribution in [0.5, 0.6) is 0 Å². The lowest BCUT2D eigenvalue weighted by atomic mass is 10.1. The number of rotatable bonds is 4. The first-order valence-electron chi connectivity index (χ1n) is 6.19. The van der Waals surface area contributed by atoms with Crippen LogP contribution in [0.25, 0.3) is 17.0 Å². The van der Waals surface area contributed by atoms with Gasteiger partial charge in [-0.2, -0.15) is 9.78 Å². The summed E-state index contributed by atoms with van der Waals surface area (Å²) in [5.74, 6) is 1.33. The summed E-state index contributed by atoms with van der Waals surface area (Å²) in [6.07, 6.45) is 4.02. The fourth-order valence-corrected chi connectivity index (χ4v) is 2.14. The van der Waals surface area contributed by atoms with Crippen LogP contribution >= 0.6 is 0 Å². The minimum absolute atomic E-state index is 0.595. The molecule has 0 aliphatic carbocycles. The van der Waals surface area contributed by atoms with Gasteiger partial charge in [-0.1, -0.05) is 18.7 Å². The normalized spacial score (nSPS) is 10.6. The second kappa shape index (κ2) is 5.05. The number of hydrogen-bond acceptors (Lipinski definition) is 4. The van der Waals surface area contributed by atoms with Gasteiger partial charge in [0.1, 0.15) is 0 Å². The second-order valence-corrected chi connectivity index (χ2v) is 4.34. The molecule has 0 aliphatic rings. The van der Waals surface area contributed by atoms with E-state index in [9.17, 15) is 0 Å². The largest absolute Gasteiger partial charge is 0.256 e. The highest BCUT2D eigenvalue weighted by atomic mass is 15.4. The Morgan fingerprint density at radius 3 is 2.95 bits per heavy atom. The van der Waals surface area contributed by atoms with E-state index in [1.165, 1.54) is 0 Å². The lowest BCUT2D eigenvalue weighted by Crippen LogP contribution is -2.00. The van der Waals surface area contributed by atoms with Crippen LogP contribution < -0.4 is 0 Å². The molecular formula is C15H13N5. The molecule has 2 aromatic heterocycles. The van der Waals surface area contributed by atoms with Crippen molar-refractivity contribution in [2.75, 3.05) is 0 Å². The maximum absolute atomic E-state index is 4.31. The summed E-state index contributed by atoms with van der Waals surface area (Å²) in [6.45, 7) is 7.22. The molecule has 2 heterocycles. The van der Waals surface area contributed by atoms with Crippen molar-refractivity contribution in [2.45, 2.75) is 6.42 Å². The van der Waals surface area contributed by atoms with E-state index in [2.05, 4.69) is 39.6 Å². The van der Waals surface area contributed by atoms with Crippen molar-refractivity contribution in [1.29, 1.82) is 0 Å². The Morgan fingerprint density at radius 1 is 1.25 bits per heavy atom. The number of nitrogens with zero attached hydrogens (tertiary/aromatic N) is 5. The molecule has 0 radical (unpaired) electrons. The molecule has 5 nitrogen and oxygen atoms in total. The first-order valence-corrected chi connectivity index (χ1v) is 6.19. The van der Waals surface area contributed by atoms with Gasteiger partial charge in [0.15, 0.2) is 11.6 Å². The quantitative estimate of drug-likeness (QED) is 0.680. The molecule has 0 saturated carbocycles. The molecule has 0 atom stereocenters. The Morgan fingerprint density at radius 2 is 2.15 bits per heavy atom. The molecule has 1 aromatic carbocycles. The van der Waals surface area contributed by atoms with Crippen molar-refractivity contribution >= 4 is 23.7 Å². The van der Waals surface area contributed by atoms with Gasteiger partial charge in [-0.15, -0.1) is 10.2 Å². The van der Waals surface area contributed by atoms with Gasteiger partial charge < -0.3 is 0 Å². The summed E-state index contributed by atoms with van der Waals surface area (Å²) in [6, 6.07) is 10.1. The fraction of sp³-hybridized carbons (Fsp3) is 0.0667. The number of pyridine rings is 1. The topological polar surface area (TPSA) is 56.0 Å². The first kappa shape index (κ1) is 12.2. The molecule has 5 heteroatoms. The summed E-state index contributed by atoms with van der Waals surface area (Å²) < 4.78 is 1.60. The monoisotopic (exact) mass is 263 g/mol. The molecule has 0 bridgehead atoms. The van der Waals surface area contributed by atoms with E-state index >= 15 is 0 Å². The maximum atomic E-state index is 4.31. The molecule has 3 rings (SSSR count). The standard InChI is InChI=1S/C15H13N5/c1-3-14-18-19-15(20(14)16-2)10-11-6-7-13-12(9-11)5-4-8-17-13/h3-9H,1-2,10H2. The Hall–Kier alpha value is -2.82. The number of aromatic nitrogens is 4. The maximum Gasteiger partial charge on any atom is 0.177 e. The van der Waals surface area contributed by atoms with Gasteiger partial charge in [0, 0.05) is 24.7 Å². The van der Waals surface area contributed by atoms with Crippen molar-refractivity contribution in [1.82, 2.24) is 19.9 Å². The molecular weight excluding hydrogens is 250 g/mol. The van der Waals surface area contributed by atoms with E-state index in [4.69, 9.17) is 0 Å². The molecule has 0 N–H and O–H groups in total. The van der Waals surface area contributed by atoms with Gasteiger partial charge in [0.2, 0.25) is 0 Å². The zero-order valence-electron chi connectivity index (χ0n) is 10.9. The second-order valence-electron chi connectivity index (χ2n) is 4.34. The fourth-order valence-electron chi connectivity index (χ4n) is 2.14. The van der Waals surface area contributed by atoms with Crippen LogP contribution in [0.1, 0.15) is 17.2 Å². The number of benzene rings is 1. The van der Waals surface area contributed by atoms with Crippen LogP contribution in [-0.4, -0.2) is 26.6 Å². The van der Waals surface area contributed by atoms with Crippen molar-refractivity contribution in [3.8, 4) is 0 Å². The summed E-state index contributed by atoms with van der Waals surface area (Å²) in [7, 11) is 0. The van der Waals surface area contributed by atoms with Crippen LogP contribution in [0, 0.1) is 0 Å². The predicted molar refractivity (Wildman–Crippen MR) is 79.6 cm³/mol. The third-order valence-corrected chi connectivity index (χ3v) is 3.08. The van der Waals surface area contributed by atoms with Crippen molar-refractivity contribution in [2.24, 2.45) is 5.10 Å². The minimum Gasteiger partial charge on any atom is -0.256 e. The Labute approximate surface area is 116 Å². The molecule has 98 valence electrons. The lowest BCUT2D eigenvalue weighted by Gasteiger charge is -2.03. The highest BCUT2D eigenvalue weighted by Gasteiger charge is 2.09. The summed E-state index contributed by atoms with van der Waals surface area (Å²) in [5.41, 5.74) is 2.10. The molecule has 0 fully saturated rings. The van der Waals surface area contributed by atoms with Crippen LogP contribution in [0.4, 0.5) is 0 Å². The van der Waals surface area contributed by atoms with Gasteiger partial charge in [0.05, 0.1) is 5.52 Å². The molecule has 0 saturated heterocycles. The first-order chi connectivity index (χ1) is 9.81. The van der Waals surface area contributed by atoms with Crippen LogP contribution in [-0.2, 0) is 6.42 Å². The predicted octanol–water partition coefficient (Wildman–Crippen LogP) is 2.52. The number of fused-ring (bicyclic) bond motifs is 1. The van der Waals surface area contributed by atoms with E-state index in [0.717, 1.165) is 22.3 Å². The Bertz CT molecular complexity index is 788. The molecule has 0 amide bonds. The zero-order chi connectivity index (χ0) is 13.9. The molecule has 0 aliphatic heterocycles. The molecule has 0 unspecified atom stereocenters. The molecule has 0 spiro atoms. The van der Waals surface area contributed by atoms with E-state index < -0.39 is 0 Å². The van der Waals surface area contributed by atoms with Gasteiger partial charge >= 0.3 is 0 Å². The minimum atomic E-state index is 0.595. The van der Waals surface area contributed by atoms with Gasteiger partial charge in [-0.25, -0.2) is 0 Å². The van der Waals surface area contributed by atoms with E-state index in [0.29, 0.717) is 12.2 Å². The van der Waals surface area contributed by atoms with E-state index in [1.54, 1.807) is 16.9 Å². The third-order valence-electron chi connectivity index (χ3n) is 3.08. The van der Waals surface area contributed by atoms with Crippen molar-refractivity contribution in [3.05, 3.63) is 60.3 Å². The molecule has 20 heavy (non-hydrogen) atoms. The highest BCUT2D eigenvalue weighted by molar-refractivity contribution is 5.78. The van der Waals surface area contributed by atoms with Gasteiger partial charge in [-0.05, 0) is 29.8 Å². The third kappa shape index (κ3) is 2.09. The lowest BCUT2D eigenvalue weighted by molar-refractivity contribution is 0.797. The van der Waals surface area contributed by atoms with E-state index in [1.807, 2.05) is 24.3 Å². The average molecular weight is 263 g/mol. The SMILES string of the molecule is C=Cc1nnc(Cc2ccc3ncccc3c2)n1N=C. The van der Waals surface area contributed by atoms with E-state index in [-0.39, 0.29) is 0 Å². The Kier molecular flexibility index (Phi) is 3.09. The van der Waals surface area contributed by atoms with Crippen LogP contribution in [0.2, 0.25) is 0 Å². The highest BCUT2D eigenvalue weighted by Crippen LogP contribution is 2.16. The number of hydrogen-bond donors (Lipinski definition) is 0.